The highest BCUT2D eigenvalue weighted by atomic mass is 32.2. The summed E-state index contributed by atoms with van der Waals surface area (Å²) in [5.41, 5.74) is 0.621. The number of benzene rings is 1. The fraction of sp³-hybridized carbons (Fsp3) is 0.500. The van der Waals surface area contributed by atoms with Crippen molar-refractivity contribution in [2.45, 2.75) is 18.1 Å². The molecule has 110 valence electrons. The number of piperidine rings is 1. The van der Waals surface area contributed by atoms with Gasteiger partial charge in [0.25, 0.3) is 0 Å². The molecule has 1 aliphatic rings. The summed E-state index contributed by atoms with van der Waals surface area (Å²) in [6.07, 6.45) is 1.22. The van der Waals surface area contributed by atoms with E-state index in [2.05, 4.69) is 10.2 Å². The lowest BCUT2D eigenvalue weighted by atomic mass is 10.1. The Morgan fingerprint density at radius 2 is 1.85 bits per heavy atom. The van der Waals surface area contributed by atoms with E-state index >= 15 is 0 Å². The fourth-order valence-corrected chi connectivity index (χ4v) is 3.97. The van der Waals surface area contributed by atoms with Gasteiger partial charge in [0.15, 0.2) is 9.84 Å². The first-order valence-corrected chi connectivity index (χ1v) is 8.44. The van der Waals surface area contributed by atoms with Crippen molar-refractivity contribution in [2.24, 2.45) is 0 Å². The standard InChI is InChI=1S/C14H20N2O3S/c1-16-9-7-13(8-10-16)20(18,19)11-14(17)15-12-5-3-2-4-6-12/h2-6,13H,7-11H2,1H3,(H,15,17). The van der Waals surface area contributed by atoms with Gasteiger partial charge in [0, 0.05) is 5.69 Å². The molecule has 0 atom stereocenters. The van der Waals surface area contributed by atoms with E-state index in [9.17, 15) is 13.2 Å². The number of anilines is 1. The van der Waals surface area contributed by atoms with Crippen molar-refractivity contribution < 1.29 is 13.2 Å². The molecule has 1 aliphatic heterocycles. The normalized spacial score (nSPS) is 17.9. The molecule has 0 aliphatic carbocycles. The van der Waals surface area contributed by atoms with Gasteiger partial charge in [-0.05, 0) is 45.1 Å². The molecule has 1 amide bonds. The lowest BCUT2D eigenvalue weighted by Crippen LogP contribution is -2.39. The van der Waals surface area contributed by atoms with Crippen LogP contribution in [0.15, 0.2) is 30.3 Å². The Hall–Kier alpha value is -1.40. The van der Waals surface area contributed by atoms with E-state index in [0.29, 0.717) is 18.5 Å². The first-order chi connectivity index (χ1) is 9.47. The van der Waals surface area contributed by atoms with E-state index in [0.717, 1.165) is 13.1 Å². The van der Waals surface area contributed by atoms with E-state index in [-0.39, 0.29) is 5.25 Å². The van der Waals surface area contributed by atoms with Gasteiger partial charge in [-0.15, -0.1) is 0 Å². The second-order valence-corrected chi connectivity index (χ2v) is 7.51. The third kappa shape index (κ3) is 4.05. The summed E-state index contributed by atoms with van der Waals surface area (Å²) in [4.78, 5) is 13.9. The number of carbonyl (C=O) groups is 1. The number of hydrogen-bond donors (Lipinski definition) is 1. The second kappa shape index (κ2) is 6.37. The number of hydrogen-bond acceptors (Lipinski definition) is 4. The Morgan fingerprint density at radius 3 is 2.45 bits per heavy atom. The van der Waals surface area contributed by atoms with Crippen LogP contribution in [-0.4, -0.2) is 50.4 Å². The van der Waals surface area contributed by atoms with Crippen LogP contribution in [0, 0.1) is 0 Å². The van der Waals surface area contributed by atoms with E-state index in [1.807, 2.05) is 13.1 Å². The minimum atomic E-state index is -3.36. The summed E-state index contributed by atoms with van der Waals surface area (Å²) in [6, 6.07) is 8.90. The molecule has 1 saturated heterocycles. The Kier molecular flexibility index (Phi) is 4.77. The molecule has 0 aromatic heterocycles. The molecule has 1 aromatic rings. The Bertz CT molecular complexity index is 549. The van der Waals surface area contributed by atoms with Crippen molar-refractivity contribution in [3.8, 4) is 0 Å². The average molecular weight is 296 g/mol. The van der Waals surface area contributed by atoms with Crippen LogP contribution in [-0.2, 0) is 14.6 Å². The minimum absolute atomic E-state index is 0.389. The number of para-hydroxylation sites is 1. The van der Waals surface area contributed by atoms with Gasteiger partial charge in [0.2, 0.25) is 5.91 Å². The lowest BCUT2D eigenvalue weighted by molar-refractivity contribution is -0.113. The van der Waals surface area contributed by atoms with Gasteiger partial charge in [0.1, 0.15) is 5.75 Å². The minimum Gasteiger partial charge on any atom is -0.325 e. The number of nitrogens with one attached hydrogen (secondary N) is 1. The smallest absolute Gasteiger partial charge is 0.239 e. The zero-order valence-corrected chi connectivity index (χ0v) is 12.4. The van der Waals surface area contributed by atoms with Crippen LogP contribution in [0.1, 0.15) is 12.8 Å². The highest BCUT2D eigenvalue weighted by molar-refractivity contribution is 7.92. The van der Waals surface area contributed by atoms with Crippen molar-refractivity contribution in [2.75, 3.05) is 31.2 Å². The average Bonchev–Trinajstić information content (AvgIpc) is 2.39. The lowest BCUT2D eigenvalue weighted by Gasteiger charge is -2.28. The first kappa shape index (κ1) is 15.0. The summed E-state index contributed by atoms with van der Waals surface area (Å²) in [7, 11) is -1.39. The van der Waals surface area contributed by atoms with Gasteiger partial charge >= 0.3 is 0 Å². The Balaban J connectivity index is 1.93. The van der Waals surface area contributed by atoms with Gasteiger partial charge in [0.05, 0.1) is 5.25 Å². The predicted octanol–water partition coefficient (Wildman–Crippen LogP) is 1.13. The molecular formula is C14H20N2O3S. The van der Waals surface area contributed by atoms with Crippen LogP contribution in [0.5, 0.6) is 0 Å². The number of sulfone groups is 1. The van der Waals surface area contributed by atoms with Gasteiger partial charge < -0.3 is 10.2 Å². The van der Waals surface area contributed by atoms with E-state index in [1.165, 1.54) is 0 Å². The van der Waals surface area contributed by atoms with Crippen molar-refractivity contribution in [3.05, 3.63) is 30.3 Å². The molecule has 0 unspecified atom stereocenters. The number of nitrogens with zero attached hydrogens (tertiary/aromatic N) is 1. The second-order valence-electron chi connectivity index (χ2n) is 5.22. The molecule has 6 heteroatoms. The number of rotatable bonds is 4. The Labute approximate surface area is 119 Å². The first-order valence-electron chi connectivity index (χ1n) is 6.72. The number of carbonyl (C=O) groups excluding carboxylic acids is 1. The molecule has 0 radical (unpaired) electrons. The summed E-state index contributed by atoms with van der Waals surface area (Å²) >= 11 is 0. The van der Waals surface area contributed by atoms with E-state index < -0.39 is 21.5 Å². The maximum atomic E-state index is 12.2. The highest BCUT2D eigenvalue weighted by Crippen LogP contribution is 2.18. The molecule has 1 aromatic carbocycles. The highest BCUT2D eigenvalue weighted by Gasteiger charge is 2.30. The third-order valence-electron chi connectivity index (χ3n) is 3.56. The van der Waals surface area contributed by atoms with Crippen molar-refractivity contribution in [1.82, 2.24) is 4.90 Å². The van der Waals surface area contributed by atoms with Crippen LogP contribution < -0.4 is 5.32 Å². The maximum Gasteiger partial charge on any atom is 0.239 e. The largest absolute Gasteiger partial charge is 0.325 e. The molecule has 5 nitrogen and oxygen atoms in total. The van der Waals surface area contributed by atoms with Gasteiger partial charge in [-0.3, -0.25) is 4.79 Å². The number of amides is 1. The number of likely N-dealkylation sites (tertiary alicyclic amines) is 1. The predicted molar refractivity (Wildman–Crippen MR) is 79.4 cm³/mol. The van der Waals surface area contributed by atoms with Gasteiger partial charge in [-0.2, -0.15) is 0 Å². The van der Waals surface area contributed by atoms with Crippen LogP contribution in [0.2, 0.25) is 0 Å². The molecule has 0 bridgehead atoms. The molecule has 20 heavy (non-hydrogen) atoms. The summed E-state index contributed by atoms with van der Waals surface area (Å²) in [6.45, 7) is 1.54. The molecule has 1 fully saturated rings. The van der Waals surface area contributed by atoms with Crippen LogP contribution in [0.4, 0.5) is 5.69 Å². The zero-order valence-electron chi connectivity index (χ0n) is 11.6. The third-order valence-corrected chi connectivity index (χ3v) is 5.71. The topological polar surface area (TPSA) is 66.5 Å². The van der Waals surface area contributed by atoms with Crippen molar-refractivity contribution in [3.63, 3.8) is 0 Å². The van der Waals surface area contributed by atoms with Crippen molar-refractivity contribution >= 4 is 21.4 Å². The van der Waals surface area contributed by atoms with Crippen LogP contribution >= 0.6 is 0 Å². The van der Waals surface area contributed by atoms with Crippen molar-refractivity contribution in [1.29, 1.82) is 0 Å². The fourth-order valence-electron chi connectivity index (χ4n) is 2.36. The molecule has 1 heterocycles. The van der Waals surface area contributed by atoms with Crippen LogP contribution in [0.25, 0.3) is 0 Å². The monoisotopic (exact) mass is 296 g/mol. The molecule has 0 spiro atoms. The summed E-state index contributed by atoms with van der Waals surface area (Å²) in [5, 5.41) is 2.23. The Morgan fingerprint density at radius 1 is 1.25 bits per heavy atom. The summed E-state index contributed by atoms with van der Waals surface area (Å²) in [5.74, 6) is -0.897. The maximum absolute atomic E-state index is 12.2. The van der Waals surface area contributed by atoms with Gasteiger partial charge in [-0.1, -0.05) is 18.2 Å². The molecular weight excluding hydrogens is 276 g/mol. The zero-order chi connectivity index (χ0) is 14.6. The molecule has 2 rings (SSSR count). The van der Waals surface area contributed by atoms with E-state index in [1.54, 1.807) is 24.3 Å². The van der Waals surface area contributed by atoms with E-state index in [4.69, 9.17) is 0 Å². The molecule has 0 saturated carbocycles. The van der Waals surface area contributed by atoms with Crippen LogP contribution in [0.3, 0.4) is 0 Å². The quantitative estimate of drug-likeness (QED) is 0.904. The van der Waals surface area contributed by atoms with Gasteiger partial charge in [-0.25, -0.2) is 8.42 Å². The summed E-state index contributed by atoms with van der Waals surface area (Å²) < 4.78 is 24.4. The SMILES string of the molecule is CN1CCC(S(=O)(=O)CC(=O)Nc2ccccc2)CC1. The molecule has 1 N–H and O–H groups in total.